The average molecular weight is 377 g/mol. The lowest BCUT2D eigenvalue weighted by Gasteiger charge is -2.25. The van der Waals surface area contributed by atoms with E-state index in [9.17, 15) is 8.42 Å². The molecule has 2 nitrogen and oxygen atoms in total. The van der Waals surface area contributed by atoms with Crippen molar-refractivity contribution in [2.45, 2.75) is 41.2 Å². The Bertz CT molecular complexity index is 790. The minimum Gasteiger partial charge on any atom is -0.219 e. The maximum Gasteiger partial charge on any atom is 0.199 e. The highest BCUT2D eigenvalue weighted by atomic mass is 32.2. The van der Waals surface area contributed by atoms with Gasteiger partial charge in [-0.25, -0.2) is 8.42 Å². The smallest absolute Gasteiger partial charge is 0.199 e. The molecular weight excluding hydrogens is 352 g/mol. The summed E-state index contributed by atoms with van der Waals surface area (Å²) >= 11 is 1.74. The lowest BCUT2D eigenvalue weighted by atomic mass is 10.2. The van der Waals surface area contributed by atoms with Gasteiger partial charge in [-0.2, -0.15) is 0 Å². The molecule has 2 aromatic rings. The zero-order chi connectivity index (χ0) is 17.8. The third-order valence-electron chi connectivity index (χ3n) is 3.64. The monoisotopic (exact) mass is 376 g/mol. The number of aryl methyl sites for hydroxylation is 1. The maximum atomic E-state index is 12.5. The van der Waals surface area contributed by atoms with Gasteiger partial charge >= 0.3 is 0 Å². The van der Waals surface area contributed by atoms with Crippen LogP contribution in [0.1, 0.15) is 5.56 Å². The molecule has 1 unspecified atom stereocenters. The molecule has 2 rings (SSSR count). The van der Waals surface area contributed by atoms with Crippen molar-refractivity contribution >= 4 is 29.7 Å². The highest BCUT2D eigenvalue weighted by molar-refractivity contribution is 8.02. The van der Waals surface area contributed by atoms with E-state index in [4.69, 9.17) is 0 Å². The summed E-state index contributed by atoms with van der Waals surface area (Å²) in [6.45, 7) is 8.73. The van der Waals surface area contributed by atoms with Crippen LogP contribution in [0.5, 0.6) is 0 Å². The Balaban J connectivity index is 2.25. The van der Waals surface area contributed by atoms with Crippen molar-refractivity contribution in [1.29, 1.82) is 0 Å². The first-order chi connectivity index (χ1) is 11.2. The van der Waals surface area contributed by atoms with E-state index in [0.717, 1.165) is 5.56 Å². The molecule has 0 bridgehead atoms. The van der Waals surface area contributed by atoms with Crippen LogP contribution in [0.3, 0.4) is 0 Å². The van der Waals surface area contributed by atoms with E-state index in [1.54, 1.807) is 23.9 Å². The fraction of sp³-hybridized carbons (Fsp3) is 0.263. The first-order valence-corrected chi connectivity index (χ1v) is 13.9. The van der Waals surface area contributed by atoms with Gasteiger partial charge < -0.3 is 0 Å². The molecule has 0 fully saturated rings. The fourth-order valence-corrected chi connectivity index (χ4v) is 6.67. The molecule has 0 radical (unpaired) electrons. The quantitative estimate of drug-likeness (QED) is 0.505. The van der Waals surface area contributed by atoms with Crippen LogP contribution >= 0.6 is 11.8 Å². The molecule has 0 amide bonds. The second kappa shape index (κ2) is 7.72. The Morgan fingerprint density at radius 2 is 1.54 bits per heavy atom. The number of rotatable bonds is 6. The van der Waals surface area contributed by atoms with Gasteiger partial charge in [-0.3, -0.25) is 0 Å². The number of hydrogen-bond donors (Lipinski definition) is 0. The van der Waals surface area contributed by atoms with E-state index in [2.05, 4.69) is 31.8 Å². The number of thioether (sulfide) groups is 1. The molecule has 2 aromatic carbocycles. The molecular formula is C19H24O2S2Si. The van der Waals surface area contributed by atoms with E-state index in [0.29, 0.717) is 4.90 Å². The van der Waals surface area contributed by atoms with E-state index >= 15 is 0 Å². The number of hydrogen-bond acceptors (Lipinski definition) is 3. The summed E-state index contributed by atoms with van der Waals surface area (Å²) in [7, 11) is -4.96. The van der Waals surface area contributed by atoms with Crippen LogP contribution in [0.2, 0.25) is 19.6 Å². The number of benzene rings is 2. The first-order valence-electron chi connectivity index (χ1n) is 7.90. The Hall–Kier alpha value is -1.30. The third kappa shape index (κ3) is 5.36. The Morgan fingerprint density at radius 3 is 2.08 bits per heavy atom. The van der Waals surface area contributed by atoms with Gasteiger partial charge in [0, 0.05) is 15.2 Å². The van der Waals surface area contributed by atoms with Crippen LogP contribution in [-0.2, 0) is 9.84 Å². The second-order valence-corrected chi connectivity index (χ2v) is 15.7. The van der Waals surface area contributed by atoms with E-state index in [1.807, 2.05) is 43.3 Å². The topological polar surface area (TPSA) is 34.1 Å². The SMILES string of the molecule is Cc1ccc(S(=O)(=O)/C=C/C(Sc2ccccc2)[Si](C)(C)C)cc1. The van der Waals surface area contributed by atoms with Gasteiger partial charge in [0.05, 0.1) is 13.0 Å². The van der Waals surface area contributed by atoms with Crippen molar-refractivity contribution in [3.63, 3.8) is 0 Å². The molecule has 0 heterocycles. The Kier molecular flexibility index (Phi) is 6.12. The lowest BCUT2D eigenvalue weighted by Crippen LogP contribution is -2.34. The van der Waals surface area contributed by atoms with Crippen molar-refractivity contribution in [1.82, 2.24) is 0 Å². The van der Waals surface area contributed by atoms with Crippen molar-refractivity contribution in [3.05, 3.63) is 71.6 Å². The summed E-state index contributed by atoms with van der Waals surface area (Å²) in [6, 6.07) is 17.1. The first kappa shape index (κ1) is 19.0. The van der Waals surface area contributed by atoms with Gasteiger partial charge in [0.2, 0.25) is 0 Å². The zero-order valence-corrected chi connectivity index (χ0v) is 17.2. The predicted octanol–water partition coefficient (Wildman–Crippen LogP) is 5.32. The molecule has 0 aliphatic rings. The van der Waals surface area contributed by atoms with Crippen LogP contribution < -0.4 is 0 Å². The summed E-state index contributed by atoms with van der Waals surface area (Å²) in [5.74, 6) is 0. The number of sulfone groups is 1. The minimum atomic E-state index is -3.40. The molecule has 0 spiro atoms. The highest BCUT2D eigenvalue weighted by Crippen LogP contribution is 2.31. The van der Waals surface area contributed by atoms with Crippen molar-refractivity contribution in [2.24, 2.45) is 0 Å². The standard InChI is InChI=1S/C19H24O2S2Si/c1-16-10-12-18(13-11-16)23(20,21)15-14-19(24(2,3)4)22-17-8-6-5-7-9-17/h5-15,19H,1-4H3/b15-14+. The molecule has 0 saturated heterocycles. The van der Waals surface area contributed by atoms with E-state index in [1.165, 1.54) is 10.3 Å². The summed E-state index contributed by atoms with van der Waals surface area (Å²) in [5.41, 5.74) is 1.05. The molecule has 1 atom stereocenters. The zero-order valence-electron chi connectivity index (χ0n) is 14.6. The van der Waals surface area contributed by atoms with Gasteiger partial charge in [0.25, 0.3) is 0 Å². The fourth-order valence-electron chi connectivity index (χ4n) is 2.13. The van der Waals surface area contributed by atoms with Crippen molar-refractivity contribution < 1.29 is 8.42 Å². The van der Waals surface area contributed by atoms with Gasteiger partial charge in [-0.15, -0.1) is 11.8 Å². The third-order valence-corrected chi connectivity index (χ3v) is 10.4. The molecule has 24 heavy (non-hydrogen) atoms. The molecule has 0 N–H and O–H groups in total. The van der Waals surface area contributed by atoms with Crippen LogP contribution in [0.25, 0.3) is 0 Å². The van der Waals surface area contributed by atoms with Gasteiger partial charge in [0.15, 0.2) is 9.84 Å². The van der Waals surface area contributed by atoms with Crippen LogP contribution in [0, 0.1) is 6.92 Å². The van der Waals surface area contributed by atoms with E-state index < -0.39 is 17.9 Å². The van der Waals surface area contributed by atoms with Gasteiger partial charge in [-0.1, -0.05) is 61.6 Å². The molecule has 5 heteroatoms. The Morgan fingerprint density at radius 1 is 0.958 bits per heavy atom. The summed E-state index contributed by atoms with van der Waals surface area (Å²) in [4.78, 5) is 1.71. The van der Waals surface area contributed by atoms with Crippen molar-refractivity contribution in [3.8, 4) is 0 Å². The highest BCUT2D eigenvalue weighted by Gasteiger charge is 2.26. The van der Waals surface area contributed by atoms with Crippen molar-refractivity contribution in [2.75, 3.05) is 0 Å². The van der Waals surface area contributed by atoms with Gasteiger partial charge in [0.1, 0.15) is 0 Å². The largest absolute Gasteiger partial charge is 0.219 e. The summed E-state index contributed by atoms with van der Waals surface area (Å²) < 4.78 is 25.1. The van der Waals surface area contributed by atoms with Crippen LogP contribution in [-0.4, -0.2) is 21.4 Å². The minimum absolute atomic E-state index is 0.195. The second-order valence-electron chi connectivity index (χ2n) is 6.90. The average Bonchev–Trinajstić information content (AvgIpc) is 2.52. The molecule has 0 aliphatic carbocycles. The van der Waals surface area contributed by atoms with Gasteiger partial charge in [-0.05, 0) is 31.2 Å². The lowest BCUT2D eigenvalue weighted by molar-refractivity contribution is 0.604. The molecule has 0 saturated carbocycles. The predicted molar refractivity (Wildman–Crippen MR) is 107 cm³/mol. The normalized spacial score (nSPS) is 14.0. The molecule has 0 aromatic heterocycles. The molecule has 128 valence electrons. The summed E-state index contributed by atoms with van der Waals surface area (Å²) in [5, 5.41) is 1.39. The molecule has 0 aliphatic heterocycles. The summed E-state index contributed by atoms with van der Waals surface area (Å²) in [6.07, 6.45) is 1.87. The van der Waals surface area contributed by atoms with Crippen LogP contribution in [0.15, 0.2) is 75.9 Å². The maximum absolute atomic E-state index is 12.5. The van der Waals surface area contributed by atoms with E-state index in [-0.39, 0.29) is 4.87 Å². The Labute approximate surface area is 150 Å². The van der Waals surface area contributed by atoms with Crippen LogP contribution in [0.4, 0.5) is 0 Å².